The molecule has 1 aromatic rings. The fourth-order valence-electron chi connectivity index (χ4n) is 8.75. The van der Waals surface area contributed by atoms with Crippen LogP contribution < -0.4 is 4.74 Å². The summed E-state index contributed by atoms with van der Waals surface area (Å²) in [6, 6.07) is 5.17. The number of hydrogen-bond donors (Lipinski definition) is 0. The summed E-state index contributed by atoms with van der Waals surface area (Å²) < 4.78 is 13.2. The predicted molar refractivity (Wildman–Crippen MR) is 109 cm³/mol. The van der Waals surface area contributed by atoms with Gasteiger partial charge in [0.05, 0.1) is 0 Å². The number of aryl methyl sites for hydroxylation is 1. The molecule has 0 radical (unpaired) electrons. The van der Waals surface area contributed by atoms with Crippen molar-refractivity contribution < 1.29 is 14.3 Å². The number of likely N-dealkylation sites (tertiary alicyclic amines) is 1. The molecule has 4 bridgehead atoms. The van der Waals surface area contributed by atoms with Gasteiger partial charge >= 0.3 is 0 Å². The van der Waals surface area contributed by atoms with Crippen LogP contribution in [0.15, 0.2) is 12.1 Å². The smallest absolute Gasteiger partial charge is 0.139 e. The maximum Gasteiger partial charge on any atom is 0.139 e. The summed E-state index contributed by atoms with van der Waals surface area (Å²) in [5.74, 6) is 1.97. The highest BCUT2D eigenvalue weighted by molar-refractivity contribution is 5.65. The zero-order chi connectivity index (χ0) is 19.6. The van der Waals surface area contributed by atoms with Crippen molar-refractivity contribution in [3.8, 4) is 5.75 Å². The lowest BCUT2D eigenvalue weighted by Gasteiger charge is -2.73. The summed E-state index contributed by atoms with van der Waals surface area (Å²) in [4.78, 5) is 15.2. The van der Waals surface area contributed by atoms with Crippen molar-refractivity contribution >= 4 is 6.29 Å². The first-order valence-electron chi connectivity index (χ1n) is 11.6. The van der Waals surface area contributed by atoms with Crippen molar-refractivity contribution in [1.29, 1.82) is 0 Å². The van der Waals surface area contributed by atoms with Crippen LogP contribution in [0.4, 0.5) is 0 Å². The highest BCUT2D eigenvalue weighted by Gasteiger charge is 2.80. The molecule has 154 valence electrons. The second-order valence-electron chi connectivity index (χ2n) is 10.9. The highest BCUT2D eigenvalue weighted by Crippen LogP contribution is 2.76. The molecule has 1 unspecified atom stereocenters. The van der Waals surface area contributed by atoms with E-state index in [1.54, 1.807) is 0 Å². The lowest BCUT2D eigenvalue weighted by molar-refractivity contribution is -0.269. The Kier molecular flexibility index (Phi) is 3.14. The van der Waals surface area contributed by atoms with Gasteiger partial charge < -0.3 is 14.3 Å². The Hall–Kier alpha value is -1.39. The zero-order valence-electron chi connectivity index (χ0n) is 17.6. The summed E-state index contributed by atoms with van der Waals surface area (Å²) >= 11 is 0. The van der Waals surface area contributed by atoms with Gasteiger partial charge in [0.15, 0.2) is 0 Å². The number of ether oxygens (including phenoxy) is 2. The van der Waals surface area contributed by atoms with E-state index in [-0.39, 0.29) is 22.9 Å². The molecule has 4 heteroatoms. The van der Waals surface area contributed by atoms with Crippen molar-refractivity contribution in [1.82, 2.24) is 4.90 Å². The van der Waals surface area contributed by atoms with Gasteiger partial charge in [-0.05, 0) is 75.5 Å². The monoisotopic (exact) mass is 393 g/mol. The molecule has 4 saturated carbocycles. The molecule has 7 aliphatic rings. The number of aldehydes is 1. The normalized spacial score (nSPS) is 46.3. The first-order chi connectivity index (χ1) is 14.1. The third kappa shape index (κ3) is 1.73. The molecular weight excluding hydrogens is 362 g/mol. The summed E-state index contributed by atoms with van der Waals surface area (Å²) in [7, 11) is 1.81. The fourth-order valence-corrected chi connectivity index (χ4v) is 8.75. The molecule has 6 atom stereocenters. The van der Waals surface area contributed by atoms with E-state index in [0.29, 0.717) is 6.04 Å². The van der Waals surface area contributed by atoms with Crippen molar-refractivity contribution in [3.63, 3.8) is 0 Å². The van der Waals surface area contributed by atoms with E-state index < -0.39 is 5.60 Å². The van der Waals surface area contributed by atoms with Gasteiger partial charge in [-0.25, -0.2) is 0 Å². The van der Waals surface area contributed by atoms with Crippen LogP contribution in [0.3, 0.4) is 0 Å². The number of carbonyl (C=O) groups excluding carboxylic acids is 1. The van der Waals surface area contributed by atoms with Gasteiger partial charge in [-0.1, -0.05) is 12.1 Å². The molecule has 2 spiro atoms. The Balaban J connectivity index is 1.49. The van der Waals surface area contributed by atoms with E-state index in [2.05, 4.69) is 24.0 Å². The third-order valence-electron chi connectivity index (χ3n) is 10.1. The van der Waals surface area contributed by atoms with E-state index >= 15 is 0 Å². The standard InChI is InChI=1S/C25H31NO3/c1-15-3-6-17-11-19-23-7-8-25(28-2,18(12-23)14-27)22-24(23,20(17)21(15)29-22)9-10-26(19)13-16-4-5-16/h3,6,14,16,18-19,22H,4-5,7-13H2,1-2H3/t18-,19-,22?,23-,24+,25-/m1/s1. The van der Waals surface area contributed by atoms with Crippen molar-refractivity contribution in [2.45, 2.75) is 75.0 Å². The van der Waals surface area contributed by atoms with Crippen molar-refractivity contribution in [2.75, 3.05) is 20.2 Å². The largest absolute Gasteiger partial charge is 0.486 e. The third-order valence-corrected chi connectivity index (χ3v) is 10.1. The maximum atomic E-state index is 12.4. The van der Waals surface area contributed by atoms with Crippen LogP contribution in [-0.4, -0.2) is 49.1 Å². The van der Waals surface area contributed by atoms with Crippen LogP contribution in [0.1, 0.15) is 55.2 Å². The Morgan fingerprint density at radius 1 is 1.28 bits per heavy atom. The summed E-state index contributed by atoms with van der Waals surface area (Å²) in [5.41, 5.74) is 3.98. The van der Waals surface area contributed by atoms with E-state index in [9.17, 15) is 4.79 Å². The number of carbonyl (C=O) groups is 1. The first-order valence-corrected chi connectivity index (χ1v) is 11.6. The summed E-state index contributed by atoms with van der Waals surface area (Å²) in [6.07, 6.45) is 9.36. The molecule has 4 nitrogen and oxygen atoms in total. The minimum absolute atomic E-state index is 0.0153. The summed E-state index contributed by atoms with van der Waals surface area (Å²) in [6.45, 7) is 4.60. The molecule has 8 rings (SSSR count). The first kappa shape index (κ1) is 17.3. The number of fused-ring (bicyclic) bond motifs is 2. The van der Waals surface area contributed by atoms with Crippen LogP contribution in [0.2, 0.25) is 0 Å². The minimum atomic E-state index is -0.465. The molecule has 2 heterocycles. The number of nitrogens with zero attached hydrogens (tertiary/aromatic N) is 1. The average molecular weight is 394 g/mol. The number of benzene rings is 1. The number of rotatable bonds is 4. The average Bonchev–Trinajstić information content (AvgIpc) is 3.48. The van der Waals surface area contributed by atoms with Crippen LogP contribution >= 0.6 is 0 Å². The fraction of sp³-hybridized carbons (Fsp3) is 0.720. The number of piperidine rings is 1. The lowest BCUT2D eigenvalue weighted by Crippen LogP contribution is -2.81. The molecule has 0 amide bonds. The van der Waals surface area contributed by atoms with Gasteiger partial charge in [0.2, 0.25) is 0 Å². The second-order valence-corrected chi connectivity index (χ2v) is 10.9. The van der Waals surface area contributed by atoms with E-state index in [0.717, 1.165) is 37.4 Å². The van der Waals surface area contributed by atoms with Gasteiger partial charge in [0.1, 0.15) is 23.7 Å². The molecule has 0 aromatic heterocycles. The SMILES string of the molecule is CO[C@]12CC[C@@]3(C[C@@H]1C=O)[C@H]1Cc4ccc(C)c5c4[C@@]3(CCN1CC1CC1)C2O5. The quantitative estimate of drug-likeness (QED) is 0.735. The number of hydrogen-bond acceptors (Lipinski definition) is 4. The summed E-state index contributed by atoms with van der Waals surface area (Å²) in [5, 5.41) is 0. The van der Waals surface area contributed by atoms with Gasteiger partial charge in [0, 0.05) is 42.0 Å². The number of methoxy groups -OCH3 is 1. The minimum Gasteiger partial charge on any atom is -0.486 e. The molecular formula is C25H31NO3. The molecule has 2 aliphatic heterocycles. The predicted octanol–water partition coefficient (Wildman–Crippen LogP) is 3.42. The van der Waals surface area contributed by atoms with Gasteiger partial charge in [0.25, 0.3) is 0 Å². The molecule has 5 fully saturated rings. The molecule has 1 aromatic carbocycles. The highest BCUT2D eigenvalue weighted by atomic mass is 16.6. The van der Waals surface area contributed by atoms with Gasteiger partial charge in [-0.2, -0.15) is 0 Å². The van der Waals surface area contributed by atoms with Gasteiger partial charge in [-0.3, -0.25) is 4.90 Å². The topological polar surface area (TPSA) is 38.8 Å². The van der Waals surface area contributed by atoms with Crippen LogP contribution in [0.5, 0.6) is 5.75 Å². The molecule has 1 saturated heterocycles. The Morgan fingerprint density at radius 3 is 2.90 bits per heavy atom. The van der Waals surface area contributed by atoms with Crippen molar-refractivity contribution in [3.05, 3.63) is 28.8 Å². The van der Waals surface area contributed by atoms with Crippen molar-refractivity contribution in [2.24, 2.45) is 17.3 Å². The van der Waals surface area contributed by atoms with Crippen LogP contribution in [-0.2, 0) is 21.4 Å². The zero-order valence-corrected chi connectivity index (χ0v) is 17.6. The molecule has 29 heavy (non-hydrogen) atoms. The van der Waals surface area contributed by atoms with Gasteiger partial charge in [-0.15, -0.1) is 0 Å². The van der Waals surface area contributed by atoms with E-state index in [1.165, 1.54) is 55.3 Å². The lowest BCUT2D eigenvalue weighted by atomic mass is 9.35. The molecule has 0 N–H and O–H groups in total. The van der Waals surface area contributed by atoms with Crippen LogP contribution in [0, 0.1) is 24.2 Å². The Morgan fingerprint density at radius 2 is 2.14 bits per heavy atom. The molecule has 5 aliphatic carbocycles. The Labute approximate surface area is 172 Å². The van der Waals surface area contributed by atoms with Crippen LogP contribution in [0.25, 0.3) is 0 Å². The maximum absolute atomic E-state index is 12.4. The van der Waals surface area contributed by atoms with E-state index in [1.807, 2.05) is 7.11 Å². The Bertz CT molecular complexity index is 925. The van der Waals surface area contributed by atoms with E-state index in [4.69, 9.17) is 9.47 Å². The second kappa shape index (κ2) is 5.26.